The summed E-state index contributed by atoms with van der Waals surface area (Å²) in [5.74, 6) is -0.773. The van der Waals surface area contributed by atoms with Gasteiger partial charge in [-0.2, -0.15) is 0 Å². The van der Waals surface area contributed by atoms with Crippen molar-refractivity contribution in [3.63, 3.8) is 0 Å². The van der Waals surface area contributed by atoms with E-state index in [0.717, 1.165) is 38.5 Å². The zero-order chi connectivity index (χ0) is 43.9. The number of rotatable bonds is 50. The van der Waals surface area contributed by atoms with Gasteiger partial charge >= 0.3 is 19.8 Å². The Morgan fingerprint density at radius 3 is 0.933 bits per heavy atom. The van der Waals surface area contributed by atoms with Crippen LogP contribution in [0.1, 0.15) is 290 Å². The molecule has 0 radical (unpaired) electrons. The number of phosphoric ester groups is 1. The Balaban J connectivity index is 3.91. The summed E-state index contributed by atoms with van der Waals surface area (Å²) < 4.78 is 32.8. The number of carbonyl (C=O) groups excluding carboxylic acids is 2. The third kappa shape index (κ3) is 46.6. The quantitative estimate of drug-likeness (QED) is 0.0366. The molecule has 0 saturated carbocycles. The van der Waals surface area contributed by atoms with Gasteiger partial charge in [0.1, 0.15) is 6.61 Å². The second-order valence-electron chi connectivity index (χ2n) is 17.9. The summed E-state index contributed by atoms with van der Waals surface area (Å²) in [4.78, 5) is 34.9. The van der Waals surface area contributed by atoms with Gasteiger partial charge in [0.25, 0.3) is 0 Å². The average Bonchev–Trinajstić information content (AvgIpc) is 3.23. The third-order valence-electron chi connectivity index (χ3n) is 11.9. The first-order chi connectivity index (χ1) is 29.3. The fourth-order valence-corrected chi connectivity index (χ4v) is 8.80. The fourth-order valence-electron chi connectivity index (χ4n) is 8.05. The van der Waals surface area contributed by atoms with Crippen molar-refractivity contribution < 1.29 is 37.6 Å². The molecule has 0 aromatic heterocycles. The van der Waals surface area contributed by atoms with Crippen LogP contribution in [0.4, 0.5) is 0 Å². The zero-order valence-electron chi connectivity index (χ0n) is 40.1. The standard InChI is InChI=1S/C51H101O8P/c1-4-7-9-11-13-15-17-19-21-23-25-27-29-31-33-35-37-39-41-43-45-50(52)56-47-49(48-58-60(54,55)57-6-3)59-51(53)46-44-42-40-38-36-34-32-30-28-26-24-22-20-18-16-14-12-10-8-5-2/h49H,4-48H2,1-3H3,(H,54,55). The lowest BCUT2D eigenvalue weighted by atomic mass is 10.0. The molecule has 0 amide bonds. The van der Waals surface area contributed by atoms with Crippen LogP contribution in [0.25, 0.3) is 0 Å². The van der Waals surface area contributed by atoms with E-state index in [1.54, 1.807) is 6.92 Å². The van der Waals surface area contributed by atoms with Crippen LogP contribution in [-0.2, 0) is 32.7 Å². The van der Waals surface area contributed by atoms with E-state index in [0.29, 0.717) is 6.42 Å². The first-order valence-corrected chi connectivity index (χ1v) is 27.8. The largest absolute Gasteiger partial charge is 0.472 e. The molecule has 2 atom stereocenters. The second kappa shape index (κ2) is 47.5. The normalized spacial score (nSPS) is 13.1. The van der Waals surface area contributed by atoms with E-state index in [1.165, 1.54) is 218 Å². The predicted octanol–water partition coefficient (Wildman–Crippen LogP) is 17.0. The number of ether oxygens (including phenoxy) is 2. The maximum absolute atomic E-state index is 12.6. The number of esters is 2. The number of hydrogen-bond donors (Lipinski definition) is 1. The van der Waals surface area contributed by atoms with Gasteiger partial charge in [0.15, 0.2) is 6.10 Å². The van der Waals surface area contributed by atoms with E-state index < -0.39 is 19.9 Å². The summed E-state index contributed by atoms with van der Waals surface area (Å²) in [6, 6.07) is 0. The van der Waals surface area contributed by atoms with Crippen LogP contribution in [0.2, 0.25) is 0 Å². The highest BCUT2D eigenvalue weighted by molar-refractivity contribution is 7.47. The van der Waals surface area contributed by atoms with Crippen molar-refractivity contribution in [2.24, 2.45) is 0 Å². The molecule has 0 spiro atoms. The predicted molar refractivity (Wildman–Crippen MR) is 254 cm³/mol. The van der Waals surface area contributed by atoms with E-state index in [1.807, 2.05) is 0 Å². The van der Waals surface area contributed by atoms with Gasteiger partial charge in [-0.15, -0.1) is 0 Å². The highest BCUT2D eigenvalue weighted by Crippen LogP contribution is 2.43. The Bertz CT molecular complexity index is 946. The molecular formula is C51H101O8P. The Hall–Kier alpha value is -0.950. The highest BCUT2D eigenvalue weighted by Gasteiger charge is 2.25. The van der Waals surface area contributed by atoms with Crippen molar-refractivity contribution in [1.82, 2.24) is 0 Å². The molecule has 0 aliphatic rings. The van der Waals surface area contributed by atoms with E-state index in [-0.39, 0.29) is 32.2 Å². The maximum Gasteiger partial charge on any atom is 0.472 e. The number of hydrogen-bond acceptors (Lipinski definition) is 7. The van der Waals surface area contributed by atoms with Gasteiger partial charge in [-0.1, -0.05) is 258 Å². The third-order valence-corrected chi connectivity index (χ3v) is 13.0. The van der Waals surface area contributed by atoms with E-state index in [9.17, 15) is 19.0 Å². The molecule has 60 heavy (non-hydrogen) atoms. The topological polar surface area (TPSA) is 108 Å². The van der Waals surface area contributed by atoms with Crippen molar-refractivity contribution in [3.05, 3.63) is 0 Å². The van der Waals surface area contributed by atoms with Gasteiger partial charge in [-0.05, 0) is 19.8 Å². The molecule has 0 rings (SSSR count). The number of carbonyl (C=O) groups is 2. The van der Waals surface area contributed by atoms with Gasteiger partial charge in [0.2, 0.25) is 0 Å². The molecule has 8 nitrogen and oxygen atoms in total. The minimum Gasteiger partial charge on any atom is -0.462 e. The minimum absolute atomic E-state index is 0.00608. The van der Waals surface area contributed by atoms with Gasteiger partial charge in [-0.25, -0.2) is 4.57 Å². The number of unbranched alkanes of at least 4 members (excludes halogenated alkanes) is 38. The first kappa shape index (κ1) is 59.0. The summed E-state index contributed by atoms with van der Waals surface area (Å²) in [5, 5.41) is 0. The lowest BCUT2D eigenvalue weighted by Gasteiger charge is -2.19. The van der Waals surface area contributed by atoms with Gasteiger partial charge in [-0.3, -0.25) is 18.6 Å². The van der Waals surface area contributed by atoms with Crippen molar-refractivity contribution in [3.8, 4) is 0 Å². The number of phosphoric acid groups is 1. The molecule has 0 heterocycles. The van der Waals surface area contributed by atoms with Crippen molar-refractivity contribution >= 4 is 19.8 Å². The maximum atomic E-state index is 12.6. The molecule has 0 aromatic carbocycles. The molecule has 0 fully saturated rings. The molecule has 0 aliphatic heterocycles. The summed E-state index contributed by atoms with van der Waals surface area (Å²) in [7, 11) is -4.28. The Labute approximate surface area is 372 Å². The SMILES string of the molecule is CCCCCCCCCCCCCCCCCCCCCCC(=O)OCC(COP(=O)(O)OCC)OC(=O)CCCCCCCCCCCCCCCCCCCCCC. The molecule has 2 unspecified atom stereocenters. The van der Waals surface area contributed by atoms with Gasteiger partial charge in [0, 0.05) is 12.8 Å². The zero-order valence-corrected chi connectivity index (χ0v) is 41.0. The van der Waals surface area contributed by atoms with E-state index in [4.69, 9.17) is 18.5 Å². The minimum atomic E-state index is -4.28. The lowest BCUT2D eigenvalue weighted by molar-refractivity contribution is -0.161. The fraction of sp³-hybridized carbons (Fsp3) is 0.961. The van der Waals surface area contributed by atoms with Crippen molar-refractivity contribution in [1.29, 1.82) is 0 Å². The summed E-state index contributed by atoms with van der Waals surface area (Å²) in [6.07, 6.45) is 51.7. The Morgan fingerprint density at radius 1 is 0.383 bits per heavy atom. The van der Waals surface area contributed by atoms with E-state index in [2.05, 4.69) is 13.8 Å². The van der Waals surface area contributed by atoms with Crippen LogP contribution in [0.5, 0.6) is 0 Å². The highest BCUT2D eigenvalue weighted by atomic mass is 31.2. The van der Waals surface area contributed by atoms with Crippen LogP contribution < -0.4 is 0 Å². The monoisotopic (exact) mass is 873 g/mol. The molecule has 0 bridgehead atoms. The van der Waals surface area contributed by atoms with Gasteiger partial charge < -0.3 is 14.4 Å². The molecule has 0 saturated heterocycles. The Kier molecular flexibility index (Phi) is 46.8. The van der Waals surface area contributed by atoms with Crippen LogP contribution in [0.3, 0.4) is 0 Å². The Morgan fingerprint density at radius 2 is 0.650 bits per heavy atom. The molecular weight excluding hydrogens is 772 g/mol. The van der Waals surface area contributed by atoms with Crippen LogP contribution in [0.15, 0.2) is 0 Å². The van der Waals surface area contributed by atoms with Crippen molar-refractivity contribution in [2.45, 2.75) is 297 Å². The smallest absolute Gasteiger partial charge is 0.462 e. The van der Waals surface area contributed by atoms with Crippen molar-refractivity contribution in [2.75, 3.05) is 19.8 Å². The summed E-state index contributed by atoms with van der Waals surface area (Å²) in [6.45, 7) is 5.56. The van der Waals surface area contributed by atoms with E-state index >= 15 is 0 Å². The van der Waals surface area contributed by atoms with Crippen LogP contribution in [-0.4, -0.2) is 42.8 Å². The average molecular weight is 873 g/mol. The van der Waals surface area contributed by atoms with Crippen LogP contribution >= 0.6 is 7.82 Å². The molecule has 1 N–H and O–H groups in total. The molecule has 358 valence electrons. The molecule has 0 aliphatic carbocycles. The molecule has 9 heteroatoms. The second-order valence-corrected chi connectivity index (χ2v) is 19.4. The summed E-state index contributed by atoms with van der Waals surface area (Å²) in [5.41, 5.74) is 0. The van der Waals surface area contributed by atoms with Gasteiger partial charge in [0.05, 0.1) is 13.2 Å². The van der Waals surface area contributed by atoms with Crippen LogP contribution in [0, 0.1) is 0 Å². The summed E-state index contributed by atoms with van der Waals surface area (Å²) >= 11 is 0. The molecule has 0 aromatic rings. The first-order valence-electron chi connectivity index (χ1n) is 26.3. The lowest BCUT2D eigenvalue weighted by Crippen LogP contribution is -2.29.